The van der Waals surface area contributed by atoms with Gasteiger partial charge in [-0.2, -0.15) is 0 Å². The number of thioether (sulfide) groups is 1. The number of amides is 1. The quantitative estimate of drug-likeness (QED) is 0.634. The number of carboxylic acids is 1. The van der Waals surface area contributed by atoms with Gasteiger partial charge in [-0.1, -0.05) is 53.8 Å². The van der Waals surface area contributed by atoms with Gasteiger partial charge < -0.3 is 5.11 Å². The van der Waals surface area contributed by atoms with E-state index in [2.05, 4.69) is 0 Å². The molecular weight excluding hydrogens is 366 g/mol. The Labute approximate surface area is 152 Å². The molecule has 4 nitrogen and oxygen atoms in total. The molecule has 0 atom stereocenters. The topological polar surface area (TPSA) is 57.6 Å². The van der Waals surface area contributed by atoms with E-state index in [0.717, 1.165) is 11.8 Å². The molecule has 0 saturated carbocycles. The summed E-state index contributed by atoms with van der Waals surface area (Å²) in [5.41, 5.74) is 1.22. The monoisotopic (exact) mass is 375 g/mol. The summed E-state index contributed by atoms with van der Waals surface area (Å²) < 4.78 is 0.390. The van der Waals surface area contributed by atoms with E-state index >= 15 is 0 Å². The van der Waals surface area contributed by atoms with Gasteiger partial charge in [-0.15, -0.1) is 0 Å². The maximum atomic E-state index is 12.7. The zero-order chi connectivity index (χ0) is 17.3. The molecule has 1 aliphatic rings. The summed E-state index contributed by atoms with van der Waals surface area (Å²) in [6, 6.07) is 13.3. The van der Waals surface area contributed by atoms with Crippen LogP contribution in [0.25, 0.3) is 6.08 Å². The minimum atomic E-state index is -1.05. The molecule has 0 aromatic heterocycles. The second kappa shape index (κ2) is 6.76. The van der Waals surface area contributed by atoms with Gasteiger partial charge in [0.25, 0.3) is 5.91 Å². The third-order valence-electron chi connectivity index (χ3n) is 3.36. The fourth-order valence-corrected chi connectivity index (χ4v) is 3.66. The first-order valence-electron chi connectivity index (χ1n) is 6.83. The summed E-state index contributed by atoms with van der Waals surface area (Å²) in [6.45, 7) is 0. The van der Waals surface area contributed by atoms with Gasteiger partial charge in [0.2, 0.25) is 0 Å². The van der Waals surface area contributed by atoms with E-state index < -0.39 is 5.97 Å². The molecule has 7 heteroatoms. The SMILES string of the molecule is O=C(O)c1ccccc1C=C1SC(=S)N(c2ccc(Cl)cc2)C1=O. The van der Waals surface area contributed by atoms with Gasteiger partial charge in [0.1, 0.15) is 0 Å². The number of benzene rings is 2. The molecule has 1 heterocycles. The molecule has 0 radical (unpaired) electrons. The van der Waals surface area contributed by atoms with Gasteiger partial charge in [0, 0.05) is 5.02 Å². The fourth-order valence-electron chi connectivity index (χ4n) is 2.24. The molecule has 0 spiro atoms. The third kappa shape index (κ3) is 3.21. The molecule has 1 saturated heterocycles. The highest BCUT2D eigenvalue weighted by molar-refractivity contribution is 8.27. The highest BCUT2D eigenvalue weighted by Crippen LogP contribution is 2.36. The predicted octanol–water partition coefficient (Wildman–Crippen LogP) is 4.44. The summed E-state index contributed by atoms with van der Waals surface area (Å²) in [6.07, 6.45) is 1.55. The maximum absolute atomic E-state index is 12.7. The molecule has 0 aliphatic carbocycles. The Hall–Kier alpha value is -2.15. The van der Waals surface area contributed by atoms with Crippen LogP contribution in [0.2, 0.25) is 5.02 Å². The number of carbonyl (C=O) groups is 2. The van der Waals surface area contributed by atoms with Gasteiger partial charge in [-0.25, -0.2) is 4.79 Å². The minimum Gasteiger partial charge on any atom is -0.478 e. The second-order valence-corrected chi connectivity index (χ2v) is 7.00. The van der Waals surface area contributed by atoms with Crippen molar-refractivity contribution in [1.29, 1.82) is 0 Å². The summed E-state index contributed by atoms with van der Waals surface area (Å²) >= 11 is 12.3. The lowest BCUT2D eigenvalue weighted by atomic mass is 10.1. The molecule has 120 valence electrons. The van der Waals surface area contributed by atoms with Crippen LogP contribution in [0.4, 0.5) is 5.69 Å². The molecule has 1 amide bonds. The third-order valence-corrected chi connectivity index (χ3v) is 4.91. The van der Waals surface area contributed by atoms with Gasteiger partial charge in [-0.3, -0.25) is 9.69 Å². The van der Waals surface area contributed by atoms with Crippen molar-refractivity contribution in [2.45, 2.75) is 0 Å². The highest BCUT2D eigenvalue weighted by atomic mass is 35.5. The lowest BCUT2D eigenvalue weighted by Crippen LogP contribution is -2.27. The number of hydrogen-bond acceptors (Lipinski definition) is 4. The van der Waals surface area contributed by atoms with Crippen molar-refractivity contribution in [3.8, 4) is 0 Å². The number of halogens is 1. The molecule has 1 fully saturated rings. The molecule has 3 rings (SSSR count). The number of carboxylic acid groups (broad SMARTS) is 1. The van der Waals surface area contributed by atoms with Crippen LogP contribution in [-0.2, 0) is 4.79 Å². The molecule has 1 aliphatic heterocycles. The van der Waals surface area contributed by atoms with E-state index in [1.807, 2.05) is 0 Å². The normalized spacial score (nSPS) is 16.0. The summed E-state index contributed by atoms with van der Waals surface area (Å²) in [5, 5.41) is 9.81. The van der Waals surface area contributed by atoms with Crippen LogP contribution in [-0.4, -0.2) is 21.3 Å². The molecule has 0 bridgehead atoms. The Morgan fingerprint density at radius 1 is 1.17 bits per heavy atom. The average molecular weight is 376 g/mol. The van der Waals surface area contributed by atoms with E-state index in [-0.39, 0.29) is 11.5 Å². The lowest BCUT2D eigenvalue weighted by Gasteiger charge is -2.14. The van der Waals surface area contributed by atoms with Crippen molar-refractivity contribution in [3.05, 3.63) is 69.6 Å². The molecule has 2 aromatic rings. The van der Waals surface area contributed by atoms with E-state index in [9.17, 15) is 14.7 Å². The Bertz CT molecular complexity index is 878. The number of aromatic carboxylic acids is 1. The van der Waals surface area contributed by atoms with Crippen molar-refractivity contribution in [3.63, 3.8) is 0 Å². The fraction of sp³-hybridized carbons (Fsp3) is 0. The first-order chi connectivity index (χ1) is 11.5. The van der Waals surface area contributed by atoms with Crippen LogP contribution < -0.4 is 4.90 Å². The number of carbonyl (C=O) groups excluding carboxylic acids is 1. The Kier molecular flexibility index (Phi) is 4.71. The van der Waals surface area contributed by atoms with Crippen molar-refractivity contribution in [2.75, 3.05) is 4.90 Å². The van der Waals surface area contributed by atoms with Crippen LogP contribution in [0, 0.1) is 0 Å². The number of rotatable bonds is 3. The van der Waals surface area contributed by atoms with Gasteiger partial charge in [-0.05, 0) is 42.0 Å². The van der Waals surface area contributed by atoms with Gasteiger partial charge in [0.15, 0.2) is 4.32 Å². The first kappa shape index (κ1) is 16.7. The molecule has 2 aromatic carbocycles. The zero-order valence-corrected chi connectivity index (χ0v) is 14.5. The Morgan fingerprint density at radius 2 is 1.83 bits per heavy atom. The number of thiocarbonyl (C=S) groups is 1. The number of hydrogen-bond donors (Lipinski definition) is 1. The zero-order valence-electron chi connectivity index (χ0n) is 12.1. The van der Waals surface area contributed by atoms with Crippen molar-refractivity contribution >= 4 is 63.5 Å². The van der Waals surface area contributed by atoms with Gasteiger partial charge in [0.05, 0.1) is 16.2 Å². The van der Waals surface area contributed by atoms with Crippen LogP contribution in [0.5, 0.6) is 0 Å². The van der Waals surface area contributed by atoms with E-state index in [1.54, 1.807) is 48.5 Å². The highest BCUT2D eigenvalue weighted by Gasteiger charge is 2.33. The van der Waals surface area contributed by atoms with Crippen molar-refractivity contribution in [1.82, 2.24) is 0 Å². The van der Waals surface area contributed by atoms with Crippen LogP contribution in [0.3, 0.4) is 0 Å². The maximum Gasteiger partial charge on any atom is 0.336 e. The molecule has 24 heavy (non-hydrogen) atoms. The minimum absolute atomic E-state index is 0.134. The average Bonchev–Trinajstić information content (AvgIpc) is 2.83. The number of nitrogens with zero attached hydrogens (tertiary/aromatic N) is 1. The van der Waals surface area contributed by atoms with E-state index in [4.69, 9.17) is 23.8 Å². The summed E-state index contributed by atoms with van der Waals surface area (Å²) in [4.78, 5) is 25.7. The summed E-state index contributed by atoms with van der Waals surface area (Å²) in [5.74, 6) is -1.33. The van der Waals surface area contributed by atoms with Crippen LogP contribution in [0.1, 0.15) is 15.9 Å². The van der Waals surface area contributed by atoms with Crippen molar-refractivity contribution in [2.24, 2.45) is 0 Å². The molecule has 0 unspecified atom stereocenters. The van der Waals surface area contributed by atoms with E-state index in [1.165, 1.54) is 11.0 Å². The standard InChI is InChI=1S/C17H10ClNO3S2/c18-11-5-7-12(8-6-11)19-15(20)14(24-17(19)23)9-10-3-1-2-4-13(10)16(21)22/h1-9H,(H,21,22). The van der Waals surface area contributed by atoms with Crippen LogP contribution >= 0.6 is 35.6 Å². The largest absolute Gasteiger partial charge is 0.478 e. The second-order valence-electron chi connectivity index (χ2n) is 4.89. The number of anilines is 1. The smallest absolute Gasteiger partial charge is 0.336 e. The van der Waals surface area contributed by atoms with Crippen molar-refractivity contribution < 1.29 is 14.7 Å². The van der Waals surface area contributed by atoms with Gasteiger partial charge >= 0.3 is 5.97 Å². The molecule has 1 N–H and O–H groups in total. The Morgan fingerprint density at radius 3 is 2.50 bits per heavy atom. The van der Waals surface area contributed by atoms with E-state index in [0.29, 0.717) is 25.5 Å². The first-order valence-corrected chi connectivity index (χ1v) is 8.43. The Balaban J connectivity index is 1.97. The predicted molar refractivity (Wildman–Crippen MR) is 101 cm³/mol. The molecular formula is C17H10ClNO3S2. The lowest BCUT2D eigenvalue weighted by molar-refractivity contribution is -0.113. The van der Waals surface area contributed by atoms with Crippen LogP contribution in [0.15, 0.2) is 53.4 Å². The summed E-state index contributed by atoms with van der Waals surface area (Å²) in [7, 11) is 0.